The summed E-state index contributed by atoms with van der Waals surface area (Å²) in [6.45, 7) is 4.02. The van der Waals surface area contributed by atoms with Gasteiger partial charge in [-0.1, -0.05) is 19.1 Å². The van der Waals surface area contributed by atoms with Gasteiger partial charge in [0.1, 0.15) is 0 Å². The van der Waals surface area contributed by atoms with E-state index in [-0.39, 0.29) is 5.91 Å². The van der Waals surface area contributed by atoms with Gasteiger partial charge in [0, 0.05) is 24.0 Å². The Morgan fingerprint density at radius 2 is 1.80 bits per heavy atom. The molecule has 0 fully saturated rings. The summed E-state index contributed by atoms with van der Waals surface area (Å²) in [6.07, 6.45) is 0.995. The van der Waals surface area contributed by atoms with E-state index < -0.39 is 0 Å². The van der Waals surface area contributed by atoms with Crippen LogP contribution in [0, 0.1) is 6.92 Å². The molecule has 2 aromatic carbocycles. The van der Waals surface area contributed by atoms with E-state index >= 15 is 0 Å². The Balaban J connectivity index is 2.24. The van der Waals surface area contributed by atoms with Crippen molar-refractivity contribution >= 4 is 17.3 Å². The third-order valence-electron chi connectivity index (χ3n) is 3.55. The van der Waals surface area contributed by atoms with Crippen molar-refractivity contribution in [2.45, 2.75) is 20.3 Å². The maximum atomic E-state index is 12.4. The molecule has 0 aliphatic rings. The molecule has 0 aliphatic heterocycles. The van der Waals surface area contributed by atoms with Gasteiger partial charge in [0.05, 0.1) is 0 Å². The van der Waals surface area contributed by atoms with Crippen LogP contribution in [0.2, 0.25) is 0 Å². The summed E-state index contributed by atoms with van der Waals surface area (Å²) in [6, 6.07) is 13.4. The summed E-state index contributed by atoms with van der Waals surface area (Å²) in [5.41, 5.74) is 10.2. The van der Waals surface area contributed by atoms with E-state index in [0.717, 1.165) is 17.7 Å². The van der Waals surface area contributed by atoms with Crippen molar-refractivity contribution in [3.63, 3.8) is 0 Å². The predicted octanol–water partition coefficient (Wildman–Crippen LogP) is 3.42. The lowest BCUT2D eigenvalue weighted by Gasteiger charge is -2.18. The normalized spacial score (nSPS) is 10.3. The van der Waals surface area contributed by atoms with Gasteiger partial charge in [0.25, 0.3) is 5.91 Å². The fourth-order valence-electron chi connectivity index (χ4n) is 2.07. The molecule has 0 aliphatic carbocycles. The molecule has 3 nitrogen and oxygen atoms in total. The zero-order chi connectivity index (χ0) is 14.7. The molecule has 2 N–H and O–H groups in total. The molecule has 0 saturated carbocycles. The Morgan fingerprint density at radius 1 is 1.15 bits per heavy atom. The highest BCUT2D eigenvalue weighted by molar-refractivity contribution is 6.06. The number of carbonyl (C=O) groups excluding carboxylic acids is 1. The number of nitrogens with two attached hydrogens (primary N) is 1. The van der Waals surface area contributed by atoms with Crippen LogP contribution in [-0.2, 0) is 6.42 Å². The van der Waals surface area contributed by atoms with Crippen molar-refractivity contribution in [2.24, 2.45) is 0 Å². The fraction of sp³-hybridized carbons (Fsp3) is 0.235. The zero-order valence-electron chi connectivity index (χ0n) is 12.2. The number of nitrogen functional groups attached to an aromatic ring is 1. The second kappa shape index (κ2) is 5.78. The van der Waals surface area contributed by atoms with Gasteiger partial charge >= 0.3 is 0 Å². The molecule has 2 rings (SSSR count). The Bertz CT molecular complexity index is 617. The Kier molecular flexibility index (Phi) is 4.08. The van der Waals surface area contributed by atoms with Crippen molar-refractivity contribution in [3.8, 4) is 0 Å². The lowest BCUT2D eigenvalue weighted by molar-refractivity contribution is 0.0993. The van der Waals surface area contributed by atoms with E-state index in [2.05, 4.69) is 6.92 Å². The summed E-state index contributed by atoms with van der Waals surface area (Å²) in [5.74, 6) is -0.0302. The number of carbonyl (C=O) groups is 1. The Hall–Kier alpha value is -2.29. The number of rotatable bonds is 3. The predicted molar refractivity (Wildman–Crippen MR) is 84.1 cm³/mol. The molecule has 20 heavy (non-hydrogen) atoms. The first-order chi connectivity index (χ1) is 9.52. The third kappa shape index (κ3) is 2.82. The van der Waals surface area contributed by atoms with Crippen LogP contribution >= 0.6 is 0 Å². The summed E-state index contributed by atoms with van der Waals surface area (Å²) < 4.78 is 0. The molecule has 0 radical (unpaired) electrons. The monoisotopic (exact) mass is 268 g/mol. The molecule has 0 bridgehead atoms. The molecule has 1 amide bonds. The summed E-state index contributed by atoms with van der Waals surface area (Å²) in [7, 11) is 1.79. The van der Waals surface area contributed by atoms with E-state index in [1.165, 1.54) is 5.56 Å². The lowest BCUT2D eigenvalue weighted by atomic mass is 10.1. The smallest absolute Gasteiger partial charge is 0.258 e. The molecule has 104 valence electrons. The number of benzene rings is 2. The average Bonchev–Trinajstić information content (AvgIpc) is 2.48. The summed E-state index contributed by atoms with van der Waals surface area (Å²) in [4.78, 5) is 14.1. The van der Waals surface area contributed by atoms with Gasteiger partial charge in [0.2, 0.25) is 0 Å². The highest BCUT2D eigenvalue weighted by atomic mass is 16.2. The van der Waals surface area contributed by atoms with Crippen molar-refractivity contribution in [3.05, 3.63) is 59.2 Å². The summed E-state index contributed by atoms with van der Waals surface area (Å²) in [5, 5.41) is 0. The minimum absolute atomic E-state index is 0.0302. The van der Waals surface area contributed by atoms with Crippen molar-refractivity contribution in [1.82, 2.24) is 0 Å². The Labute approximate surface area is 120 Å². The van der Waals surface area contributed by atoms with Gasteiger partial charge in [0.15, 0.2) is 0 Å². The topological polar surface area (TPSA) is 46.3 Å². The van der Waals surface area contributed by atoms with Crippen LogP contribution < -0.4 is 10.6 Å². The van der Waals surface area contributed by atoms with Gasteiger partial charge in [-0.15, -0.1) is 0 Å². The van der Waals surface area contributed by atoms with Gasteiger partial charge in [-0.2, -0.15) is 0 Å². The number of aryl methyl sites for hydroxylation is 2. The van der Waals surface area contributed by atoms with E-state index in [0.29, 0.717) is 11.3 Å². The van der Waals surface area contributed by atoms with Crippen LogP contribution in [0.3, 0.4) is 0 Å². The first kappa shape index (κ1) is 14.1. The van der Waals surface area contributed by atoms with Crippen LogP contribution in [0.15, 0.2) is 42.5 Å². The van der Waals surface area contributed by atoms with Crippen molar-refractivity contribution in [1.29, 1.82) is 0 Å². The largest absolute Gasteiger partial charge is 0.399 e. The first-order valence-electron chi connectivity index (χ1n) is 6.76. The quantitative estimate of drug-likeness (QED) is 0.867. The molecule has 0 atom stereocenters. The standard InChI is InChI=1S/C17H20N2O/c1-4-13-5-8-15(9-6-13)19(3)17(20)14-7-10-16(18)12(2)11-14/h5-11H,4,18H2,1-3H3. The maximum Gasteiger partial charge on any atom is 0.258 e. The second-order valence-electron chi connectivity index (χ2n) is 4.96. The van der Waals surface area contributed by atoms with Crippen molar-refractivity contribution in [2.75, 3.05) is 17.7 Å². The number of hydrogen-bond donors (Lipinski definition) is 1. The molecule has 2 aromatic rings. The first-order valence-corrected chi connectivity index (χ1v) is 6.76. The SMILES string of the molecule is CCc1ccc(N(C)C(=O)c2ccc(N)c(C)c2)cc1. The van der Waals surface area contributed by atoms with Crippen LogP contribution in [0.25, 0.3) is 0 Å². The molecule has 0 unspecified atom stereocenters. The minimum Gasteiger partial charge on any atom is -0.399 e. The van der Waals surface area contributed by atoms with E-state index in [9.17, 15) is 4.79 Å². The van der Waals surface area contributed by atoms with Crippen LogP contribution in [0.1, 0.15) is 28.4 Å². The number of nitrogens with zero attached hydrogens (tertiary/aromatic N) is 1. The number of hydrogen-bond acceptors (Lipinski definition) is 2. The van der Waals surface area contributed by atoms with E-state index in [4.69, 9.17) is 5.73 Å². The molecule has 0 aromatic heterocycles. The highest BCUT2D eigenvalue weighted by Crippen LogP contribution is 2.19. The number of amides is 1. The van der Waals surface area contributed by atoms with E-state index in [1.807, 2.05) is 37.3 Å². The van der Waals surface area contributed by atoms with Crippen LogP contribution in [-0.4, -0.2) is 13.0 Å². The number of anilines is 2. The van der Waals surface area contributed by atoms with E-state index in [1.54, 1.807) is 24.1 Å². The minimum atomic E-state index is -0.0302. The molecule has 3 heteroatoms. The van der Waals surface area contributed by atoms with Gasteiger partial charge < -0.3 is 10.6 Å². The van der Waals surface area contributed by atoms with Crippen molar-refractivity contribution < 1.29 is 4.79 Å². The zero-order valence-corrected chi connectivity index (χ0v) is 12.2. The summed E-state index contributed by atoms with van der Waals surface area (Å²) >= 11 is 0. The van der Waals surface area contributed by atoms with Gasteiger partial charge in [-0.25, -0.2) is 0 Å². The average molecular weight is 268 g/mol. The fourth-order valence-corrected chi connectivity index (χ4v) is 2.07. The van der Waals surface area contributed by atoms with Crippen LogP contribution in [0.5, 0.6) is 0 Å². The molecule has 0 saturated heterocycles. The highest BCUT2D eigenvalue weighted by Gasteiger charge is 2.14. The Morgan fingerprint density at radius 3 is 2.35 bits per heavy atom. The lowest BCUT2D eigenvalue weighted by Crippen LogP contribution is -2.26. The maximum absolute atomic E-state index is 12.4. The third-order valence-corrected chi connectivity index (χ3v) is 3.55. The molecular weight excluding hydrogens is 248 g/mol. The second-order valence-corrected chi connectivity index (χ2v) is 4.96. The molecule has 0 spiro atoms. The van der Waals surface area contributed by atoms with Crippen LogP contribution in [0.4, 0.5) is 11.4 Å². The van der Waals surface area contributed by atoms with Gasteiger partial charge in [-0.3, -0.25) is 4.79 Å². The van der Waals surface area contributed by atoms with Gasteiger partial charge in [-0.05, 0) is 54.8 Å². The molecular formula is C17H20N2O. The molecule has 0 heterocycles.